The zero-order valence-corrected chi connectivity index (χ0v) is 16.8. The SMILES string of the molecule is COC(=O)c1cccn1C1CCN(Cc2nc(-c3ccc(C(F)(F)F)cc3)no2)CC1. The van der Waals surface area contributed by atoms with Crippen LogP contribution >= 0.6 is 0 Å². The van der Waals surface area contributed by atoms with E-state index in [1.54, 1.807) is 6.07 Å². The van der Waals surface area contributed by atoms with E-state index in [4.69, 9.17) is 9.26 Å². The van der Waals surface area contributed by atoms with Crippen LogP contribution in [0.4, 0.5) is 13.2 Å². The molecule has 0 unspecified atom stereocenters. The molecule has 0 radical (unpaired) electrons. The normalized spacial score (nSPS) is 15.9. The van der Waals surface area contributed by atoms with Crippen LogP contribution in [0, 0.1) is 0 Å². The molecule has 2 aromatic heterocycles. The molecule has 0 spiro atoms. The van der Waals surface area contributed by atoms with Gasteiger partial charge in [0.2, 0.25) is 11.7 Å². The number of alkyl halides is 3. The van der Waals surface area contributed by atoms with Crippen molar-refractivity contribution in [3.8, 4) is 11.4 Å². The second kappa shape index (κ2) is 8.54. The molecule has 1 fully saturated rings. The number of nitrogens with zero attached hydrogens (tertiary/aromatic N) is 4. The number of esters is 1. The quantitative estimate of drug-likeness (QED) is 0.561. The molecule has 1 aliphatic rings. The summed E-state index contributed by atoms with van der Waals surface area (Å²) in [4.78, 5) is 18.4. The molecule has 0 N–H and O–H groups in total. The van der Waals surface area contributed by atoms with Crippen LogP contribution in [-0.2, 0) is 17.5 Å². The molecule has 0 bridgehead atoms. The Kier molecular flexibility index (Phi) is 5.81. The van der Waals surface area contributed by atoms with Gasteiger partial charge in [0.05, 0.1) is 19.2 Å². The average Bonchev–Trinajstić information content (AvgIpc) is 3.43. The van der Waals surface area contributed by atoms with Crippen molar-refractivity contribution < 1.29 is 27.2 Å². The summed E-state index contributed by atoms with van der Waals surface area (Å²) in [6.07, 6.45) is -0.802. The molecule has 0 amide bonds. The van der Waals surface area contributed by atoms with Crippen molar-refractivity contribution in [2.45, 2.75) is 31.6 Å². The molecule has 0 saturated carbocycles. The van der Waals surface area contributed by atoms with Crippen LogP contribution in [0.2, 0.25) is 0 Å². The summed E-state index contributed by atoms with van der Waals surface area (Å²) in [5.74, 6) is 0.312. The Labute approximate surface area is 176 Å². The van der Waals surface area contributed by atoms with Crippen LogP contribution in [0.25, 0.3) is 11.4 Å². The molecule has 0 aliphatic carbocycles. The molecule has 1 aliphatic heterocycles. The zero-order valence-electron chi connectivity index (χ0n) is 16.8. The number of carbonyl (C=O) groups excluding carboxylic acids is 1. The number of benzene rings is 1. The van der Waals surface area contributed by atoms with Gasteiger partial charge in [-0.15, -0.1) is 0 Å². The van der Waals surface area contributed by atoms with Crippen molar-refractivity contribution in [3.05, 3.63) is 59.7 Å². The lowest BCUT2D eigenvalue weighted by atomic mass is 10.0. The monoisotopic (exact) mass is 434 g/mol. The van der Waals surface area contributed by atoms with Gasteiger partial charge in [-0.25, -0.2) is 4.79 Å². The number of hydrogen-bond donors (Lipinski definition) is 0. The van der Waals surface area contributed by atoms with Crippen molar-refractivity contribution in [1.82, 2.24) is 19.6 Å². The van der Waals surface area contributed by atoms with Crippen LogP contribution < -0.4 is 0 Å². The van der Waals surface area contributed by atoms with Gasteiger partial charge in [0.1, 0.15) is 5.69 Å². The van der Waals surface area contributed by atoms with Gasteiger partial charge in [-0.3, -0.25) is 4.90 Å². The average molecular weight is 434 g/mol. The minimum Gasteiger partial charge on any atom is -0.464 e. The maximum Gasteiger partial charge on any atom is 0.416 e. The van der Waals surface area contributed by atoms with E-state index in [-0.39, 0.29) is 17.8 Å². The fourth-order valence-corrected chi connectivity index (χ4v) is 3.78. The Morgan fingerprint density at radius 3 is 2.55 bits per heavy atom. The number of likely N-dealkylation sites (tertiary alicyclic amines) is 1. The van der Waals surface area contributed by atoms with E-state index in [9.17, 15) is 18.0 Å². The minimum absolute atomic E-state index is 0.200. The highest BCUT2D eigenvalue weighted by atomic mass is 19.4. The van der Waals surface area contributed by atoms with Crippen molar-refractivity contribution in [2.75, 3.05) is 20.2 Å². The number of halogens is 3. The molecular formula is C21H21F3N4O3. The summed E-state index contributed by atoms with van der Waals surface area (Å²) in [5.41, 5.74) is 0.282. The molecule has 164 valence electrons. The van der Waals surface area contributed by atoms with E-state index in [0.717, 1.165) is 38.1 Å². The first-order chi connectivity index (χ1) is 14.8. The van der Waals surface area contributed by atoms with Gasteiger partial charge < -0.3 is 13.8 Å². The predicted octanol–water partition coefficient (Wildman–Crippen LogP) is 4.18. The minimum atomic E-state index is -4.38. The second-order valence-electron chi connectivity index (χ2n) is 7.39. The third-order valence-electron chi connectivity index (χ3n) is 5.42. The fourth-order valence-electron chi connectivity index (χ4n) is 3.78. The first-order valence-corrected chi connectivity index (χ1v) is 9.83. The maximum atomic E-state index is 12.7. The van der Waals surface area contributed by atoms with E-state index in [2.05, 4.69) is 15.0 Å². The number of ether oxygens (including phenoxy) is 1. The van der Waals surface area contributed by atoms with Gasteiger partial charge in [0, 0.05) is 30.9 Å². The molecule has 0 atom stereocenters. The van der Waals surface area contributed by atoms with E-state index < -0.39 is 11.7 Å². The number of piperidine rings is 1. The largest absolute Gasteiger partial charge is 0.464 e. The summed E-state index contributed by atoms with van der Waals surface area (Å²) in [5, 5.41) is 3.89. The summed E-state index contributed by atoms with van der Waals surface area (Å²) in [7, 11) is 1.37. The highest BCUT2D eigenvalue weighted by Crippen LogP contribution is 2.30. The third kappa shape index (κ3) is 4.63. The van der Waals surface area contributed by atoms with Crippen LogP contribution in [-0.4, -0.2) is 45.8 Å². The number of methoxy groups -OCH3 is 1. The lowest BCUT2D eigenvalue weighted by Gasteiger charge is -2.32. The molecule has 10 heteroatoms. The van der Waals surface area contributed by atoms with Crippen LogP contribution in [0.3, 0.4) is 0 Å². The predicted molar refractivity (Wildman–Crippen MR) is 104 cm³/mol. The standard InChI is InChI=1S/C21H21F3N4O3/c1-30-20(29)17-3-2-10-28(17)16-8-11-27(12-9-16)13-18-25-19(26-31-18)14-4-6-15(7-5-14)21(22,23)24/h2-7,10,16H,8-9,11-13H2,1H3. The molecule has 1 saturated heterocycles. The first kappa shape index (κ1) is 21.1. The number of rotatable bonds is 5. The topological polar surface area (TPSA) is 73.4 Å². The molecule has 1 aromatic carbocycles. The zero-order chi connectivity index (χ0) is 22.0. The van der Waals surface area contributed by atoms with E-state index >= 15 is 0 Å². The molecule has 3 aromatic rings. The second-order valence-corrected chi connectivity index (χ2v) is 7.39. The van der Waals surface area contributed by atoms with Gasteiger partial charge in [0.25, 0.3) is 0 Å². The highest BCUT2D eigenvalue weighted by Gasteiger charge is 2.30. The van der Waals surface area contributed by atoms with Crippen molar-refractivity contribution in [1.29, 1.82) is 0 Å². The Balaban J connectivity index is 1.35. The van der Waals surface area contributed by atoms with Crippen molar-refractivity contribution >= 4 is 5.97 Å². The molecule has 31 heavy (non-hydrogen) atoms. The van der Waals surface area contributed by atoms with Gasteiger partial charge in [0.15, 0.2) is 0 Å². The van der Waals surface area contributed by atoms with Gasteiger partial charge in [-0.1, -0.05) is 17.3 Å². The van der Waals surface area contributed by atoms with Gasteiger partial charge in [-0.05, 0) is 37.1 Å². The smallest absolute Gasteiger partial charge is 0.416 e. The summed E-state index contributed by atoms with van der Waals surface area (Å²) >= 11 is 0. The Morgan fingerprint density at radius 2 is 1.90 bits per heavy atom. The molecule has 4 rings (SSSR count). The first-order valence-electron chi connectivity index (χ1n) is 9.83. The van der Waals surface area contributed by atoms with E-state index in [1.165, 1.54) is 19.2 Å². The van der Waals surface area contributed by atoms with Crippen LogP contribution in [0.15, 0.2) is 47.1 Å². The fraction of sp³-hybridized carbons (Fsp3) is 0.381. The van der Waals surface area contributed by atoms with Crippen molar-refractivity contribution in [2.24, 2.45) is 0 Å². The van der Waals surface area contributed by atoms with Gasteiger partial charge in [-0.2, -0.15) is 18.2 Å². The molecule has 3 heterocycles. The van der Waals surface area contributed by atoms with E-state index in [0.29, 0.717) is 23.7 Å². The lowest BCUT2D eigenvalue weighted by molar-refractivity contribution is -0.137. The molecular weight excluding hydrogens is 413 g/mol. The Morgan fingerprint density at radius 1 is 1.19 bits per heavy atom. The molecule has 7 nitrogen and oxygen atoms in total. The van der Waals surface area contributed by atoms with E-state index in [1.807, 2.05) is 16.8 Å². The van der Waals surface area contributed by atoms with Crippen LogP contribution in [0.1, 0.15) is 40.8 Å². The Bertz CT molecular complexity index is 1030. The number of aromatic nitrogens is 3. The van der Waals surface area contributed by atoms with Crippen LogP contribution in [0.5, 0.6) is 0 Å². The number of hydrogen-bond acceptors (Lipinski definition) is 6. The van der Waals surface area contributed by atoms with Crippen molar-refractivity contribution in [3.63, 3.8) is 0 Å². The number of carbonyl (C=O) groups is 1. The summed E-state index contributed by atoms with van der Waals surface area (Å²) < 4.78 is 50.2. The summed E-state index contributed by atoms with van der Waals surface area (Å²) in [6, 6.07) is 8.45. The highest BCUT2D eigenvalue weighted by molar-refractivity contribution is 5.87. The van der Waals surface area contributed by atoms with Gasteiger partial charge >= 0.3 is 12.1 Å². The lowest BCUT2D eigenvalue weighted by Crippen LogP contribution is -2.34. The maximum absolute atomic E-state index is 12.7. The third-order valence-corrected chi connectivity index (χ3v) is 5.42. The Hall–Kier alpha value is -3.14. The summed E-state index contributed by atoms with van der Waals surface area (Å²) in [6.45, 7) is 2.01.